The van der Waals surface area contributed by atoms with E-state index in [9.17, 15) is 0 Å². The minimum Gasteiger partial charge on any atom is -0.489 e. The van der Waals surface area contributed by atoms with Gasteiger partial charge in [-0.15, -0.1) is 0 Å². The number of aromatic nitrogens is 2. The Balaban J connectivity index is 1.67. The third-order valence-electron chi connectivity index (χ3n) is 5.32. The normalized spacial score (nSPS) is 10.9. The highest BCUT2D eigenvalue weighted by Gasteiger charge is 2.17. The zero-order chi connectivity index (χ0) is 21.1. The molecule has 1 heterocycles. The van der Waals surface area contributed by atoms with Gasteiger partial charge in [-0.25, -0.2) is 4.68 Å². The molecule has 4 rings (SSSR count). The Morgan fingerprint density at radius 3 is 2.33 bits per heavy atom. The molecule has 0 fully saturated rings. The van der Waals surface area contributed by atoms with Gasteiger partial charge in [0.15, 0.2) is 0 Å². The van der Waals surface area contributed by atoms with Gasteiger partial charge in [0.2, 0.25) is 0 Å². The SMILES string of the molecule is CCc1nn(-c2ccc(Cl)cc2C)c(-c2ccc(OCc3ccccc3)cc2)c1C. The molecule has 30 heavy (non-hydrogen) atoms. The summed E-state index contributed by atoms with van der Waals surface area (Å²) < 4.78 is 7.99. The smallest absolute Gasteiger partial charge is 0.119 e. The van der Waals surface area contributed by atoms with Crippen LogP contribution in [-0.2, 0) is 13.0 Å². The highest BCUT2D eigenvalue weighted by atomic mass is 35.5. The number of hydrogen-bond acceptors (Lipinski definition) is 2. The van der Waals surface area contributed by atoms with Crippen molar-refractivity contribution in [1.29, 1.82) is 0 Å². The molecule has 0 unspecified atom stereocenters. The zero-order valence-electron chi connectivity index (χ0n) is 17.5. The predicted octanol–water partition coefficient (Wildman–Crippen LogP) is 6.95. The van der Waals surface area contributed by atoms with Crippen LogP contribution in [0.4, 0.5) is 0 Å². The van der Waals surface area contributed by atoms with Gasteiger partial charge in [-0.1, -0.05) is 48.9 Å². The number of halogens is 1. The maximum absolute atomic E-state index is 6.17. The highest BCUT2D eigenvalue weighted by Crippen LogP contribution is 2.32. The lowest BCUT2D eigenvalue weighted by molar-refractivity contribution is 0.306. The van der Waals surface area contributed by atoms with Gasteiger partial charge in [0.1, 0.15) is 12.4 Å². The summed E-state index contributed by atoms with van der Waals surface area (Å²) in [6.07, 6.45) is 0.886. The lowest BCUT2D eigenvalue weighted by Crippen LogP contribution is -2.02. The van der Waals surface area contributed by atoms with Crippen molar-refractivity contribution in [3.63, 3.8) is 0 Å². The number of nitrogens with zero attached hydrogens (tertiary/aromatic N) is 2. The molecule has 1 aromatic heterocycles. The molecule has 4 heteroatoms. The van der Waals surface area contributed by atoms with Crippen molar-refractivity contribution in [1.82, 2.24) is 9.78 Å². The molecule has 3 aromatic carbocycles. The lowest BCUT2D eigenvalue weighted by atomic mass is 10.0. The summed E-state index contributed by atoms with van der Waals surface area (Å²) >= 11 is 6.17. The molecule has 0 saturated carbocycles. The Morgan fingerprint density at radius 2 is 1.67 bits per heavy atom. The van der Waals surface area contributed by atoms with E-state index in [1.165, 1.54) is 5.56 Å². The summed E-state index contributed by atoms with van der Waals surface area (Å²) in [5.41, 5.74) is 7.81. The van der Waals surface area contributed by atoms with Gasteiger partial charge in [0.25, 0.3) is 0 Å². The third kappa shape index (κ3) is 4.12. The molecular formula is C26H25ClN2O. The van der Waals surface area contributed by atoms with Gasteiger partial charge in [0.05, 0.1) is 17.1 Å². The van der Waals surface area contributed by atoms with Crippen LogP contribution in [0.1, 0.15) is 29.3 Å². The largest absolute Gasteiger partial charge is 0.489 e. The number of hydrogen-bond donors (Lipinski definition) is 0. The molecule has 0 amide bonds. The Labute approximate surface area is 182 Å². The van der Waals surface area contributed by atoms with Crippen LogP contribution in [0.3, 0.4) is 0 Å². The maximum Gasteiger partial charge on any atom is 0.119 e. The molecule has 0 spiro atoms. The van der Waals surface area contributed by atoms with Gasteiger partial charge in [-0.05, 0) is 79.4 Å². The van der Waals surface area contributed by atoms with Crippen LogP contribution in [0.5, 0.6) is 5.75 Å². The second kappa shape index (κ2) is 8.76. The fourth-order valence-corrected chi connectivity index (χ4v) is 3.92. The van der Waals surface area contributed by atoms with Crippen molar-refractivity contribution in [3.8, 4) is 22.7 Å². The molecule has 0 saturated heterocycles. The molecule has 0 aliphatic rings. The second-order valence-corrected chi connectivity index (χ2v) is 7.85. The van der Waals surface area contributed by atoms with Crippen molar-refractivity contribution in [3.05, 3.63) is 100 Å². The molecule has 0 N–H and O–H groups in total. The lowest BCUT2D eigenvalue weighted by Gasteiger charge is -2.13. The summed E-state index contributed by atoms with van der Waals surface area (Å²) in [7, 11) is 0. The van der Waals surface area contributed by atoms with E-state index >= 15 is 0 Å². The minimum atomic E-state index is 0.557. The van der Waals surface area contributed by atoms with Gasteiger partial charge in [-0.3, -0.25) is 0 Å². The summed E-state index contributed by atoms with van der Waals surface area (Å²) in [5, 5.41) is 5.64. The highest BCUT2D eigenvalue weighted by molar-refractivity contribution is 6.30. The number of aryl methyl sites for hydroxylation is 2. The van der Waals surface area contributed by atoms with Gasteiger partial charge >= 0.3 is 0 Å². The van der Waals surface area contributed by atoms with Crippen LogP contribution < -0.4 is 4.74 Å². The van der Waals surface area contributed by atoms with E-state index in [2.05, 4.69) is 45.0 Å². The standard InChI is InChI=1S/C26H25ClN2O/c1-4-24-19(3)26(29(28-24)25-15-12-22(27)16-18(25)2)21-10-13-23(14-11-21)30-17-20-8-6-5-7-9-20/h5-16H,4,17H2,1-3H3. The second-order valence-electron chi connectivity index (χ2n) is 7.42. The van der Waals surface area contributed by atoms with E-state index in [0.29, 0.717) is 6.61 Å². The first-order valence-electron chi connectivity index (χ1n) is 10.2. The molecule has 0 bridgehead atoms. The van der Waals surface area contributed by atoms with Crippen molar-refractivity contribution in [2.24, 2.45) is 0 Å². The van der Waals surface area contributed by atoms with E-state index in [-0.39, 0.29) is 0 Å². The van der Waals surface area contributed by atoms with Crippen LogP contribution in [0.15, 0.2) is 72.8 Å². The average molecular weight is 417 g/mol. The summed E-state index contributed by atoms with van der Waals surface area (Å²) in [5.74, 6) is 0.852. The van der Waals surface area contributed by atoms with E-state index in [1.807, 2.05) is 53.2 Å². The van der Waals surface area contributed by atoms with Crippen molar-refractivity contribution in [2.45, 2.75) is 33.8 Å². The van der Waals surface area contributed by atoms with Crippen LogP contribution in [0, 0.1) is 13.8 Å². The van der Waals surface area contributed by atoms with E-state index in [0.717, 1.165) is 51.0 Å². The van der Waals surface area contributed by atoms with E-state index in [4.69, 9.17) is 21.4 Å². The van der Waals surface area contributed by atoms with Gasteiger partial charge in [-0.2, -0.15) is 5.10 Å². The van der Waals surface area contributed by atoms with Crippen molar-refractivity contribution >= 4 is 11.6 Å². The first-order valence-corrected chi connectivity index (χ1v) is 10.6. The maximum atomic E-state index is 6.17. The Bertz CT molecular complexity index is 1150. The third-order valence-corrected chi connectivity index (χ3v) is 5.55. The van der Waals surface area contributed by atoms with E-state index < -0.39 is 0 Å². The van der Waals surface area contributed by atoms with Gasteiger partial charge < -0.3 is 4.74 Å². The first kappa shape index (κ1) is 20.2. The monoisotopic (exact) mass is 416 g/mol. The number of ether oxygens (including phenoxy) is 1. The summed E-state index contributed by atoms with van der Waals surface area (Å²) in [6.45, 7) is 6.90. The molecule has 0 aliphatic heterocycles. The zero-order valence-corrected chi connectivity index (χ0v) is 18.3. The minimum absolute atomic E-state index is 0.557. The first-order chi connectivity index (χ1) is 14.6. The summed E-state index contributed by atoms with van der Waals surface area (Å²) in [6, 6.07) is 24.4. The Morgan fingerprint density at radius 1 is 0.933 bits per heavy atom. The van der Waals surface area contributed by atoms with Crippen molar-refractivity contribution < 1.29 is 4.74 Å². The molecule has 3 nitrogen and oxygen atoms in total. The fourth-order valence-electron chi connectivity index (χ4n) is 3.70. The molecule has 0 aliphatic carbocycles. The Hall–Kier alpha value is -3.04. The quantitative estimate of drug-likeness (QED) is 0.340. The molecule has 4 aromatic rings. The van der Waals surface area contributed by atoms with Crippen LogP contribution in [0.25, 0.3) is 16.9 Å². The predicted molar refractivity (Wildman–Crippen MR) is 124 cm³/mol. The fraction of sp³-hybridized carbons (Fsp3) is 0.192. The summed E-state index contributed by atoms with van der Waals surface area (Å²) in [4.78, 5) is 0. The number of rotatable bonds is 6. The topological polar surface area (TPSA) is 27.1 Å². The molecular weight excluding hydrogens is 392 g/mol. The van der Waals surface area contributed by atoms with E-state index in [1.54, 1.807) is 0 Å². The van der Waals surface area contributed by atoms with Crippen LogP contribution in [0.2, 0.25) is 5.02 Å². The molecule has 0 atom stereocenters. The molecule has 152 valence electrons. The van der Waals surface area contributed by atoms with Crippen molar-refractivity contribution in [2.75, 3.05) is 0 Å². The van der Waals surface area contributed by atoms with Crippen LogP contribution >= 0.6 is 11.6 Å². The Kier molecular flexibility index (Phi) is 5.91. The van der Waals surface area contributed by atoms with Gasteiger partial charge in [0, 0.05) is 10.6 Å². The van der Waals surface area contributed by atoms with Crippen LogP contribution in [-0.4, -0.2) is 9.78 Å². The average Bonchev–Trinajstić information content (AvgIpc) is 3.09. The number of benzene rings is 3. The molecule has 0 radical (unpaired) electrons.